The molecule has 2 fully saturated rings. The number of hydrogen-bond acceptors (Lipinski definition) is 4. The van der Waals surface area contributed by atoms with Crippen LogP contribution in [0.1, 0.15) is 32.1 Å². The van der Waals surface area contributed by atoms with Gasteiger partial charge in [0.05, 0.1) is 18.0 Å². The van der Waals surface area contributed by atoms with Gasteiger partial charge in [0.15, 0.2) is 0 Å². The highest BCUT2D eigenvalue weighted by molar-refractivity contribution is 7.89. The molecule has 0 saturated carbocycles. The molecule has 2 rings (SSSR count). The molecule has 0 bridgehead atoms. The average molecular weight is 277 g/mol. The van der Waals surface area contributed by atoms with Gasteiger partial charge >= 0.3 is 0 Å². The molecule has 2 saturated heterocycles. The molecule has 0 radical (unpaired) electrons. The van der Waals surface area contributed by atoms with E-state index in [9.17, 15) is 8.42 Å². The van der Waals surface area contributed by atoms with Crippen molar-refractivity contribution in [3.8, 4) is 0 Å². The maximum Gasteiger partial charge on any atom is 0.216 e. The fraction of sp³-hybridized carbons (Fsp3) is 1.00. The Kier molecular flexibility index (Phi) is 5.00. The van der Waals surface area contributed by atoms with E-state index >= 15 is 0 Å². The summed E-state index contributed by atoms with van der Waals surface area (Å²) < 4.78 is 36.9. The van der Waals surface area contributed by atoms with Crippen molar-refractivity contribution < 1.29 is 17.9 Å². The summed E-state index contributed by atoms with van der Waals surface area (Å²) in [5.41, 5.74) is 0. The van der Waals surface area contributed by atoms with Crippen LogP contribution in [0.2, 0.25) is 0 Å². The molecular formula is C12H23NO4S. The number of piperidine rings is 1. The minimum absolute atomic E-state index is 0.108. The fourth-order valence-electron chi connectivity index (χ4n) is 2.63. The van der Waals surface area contributed by atoms with Crippen molar-refractivity contribution in [2.24, 2.45) is 0 Å². The first-order valence-corrected chi connectivity index (χ1v) is 8.35. The second-order valence-corrected chi connectivity index (χ2v) is 7.11. The molecule has 0 amide bonds. The fourth-order valence-corrected chi connectivity index (χ4v) is 4.34. The van der Waals surface area contributed by atoms with Crippen LogP contribution >= 0.6 is 0 Å². The maximum atomic E-state index is 12.3. The van der Waals surface area contributed by atoms with E-state index in [4.69, 9.17) is 9.47 Å². The lowest BCUT2D eigenvalue weighted by atomic mass is 10.1. The van der Waals surface area contributed by atoms with Crippen LogP contribution in [0.5, 0.6) is 0 Å². The van der Waals surface area contributed by atoms with Crippen LogP contribution in [-0.4, -0.2) is 57.5 Å². The number of sulfonamides is 1. The molecule has 1 atom stereocenters. The van der Waals surface area contributed by atoms with Crippen molar-refractivity contribution in [3.63, 3.8) is 0 Å². The van der Waals surface area contributed by atoms with E-state index < -0.39 is 10.0 Å². The summed E-state index contributed by atoms with van der Waals surface area (Å²) in [5, 5.41) is 0. The van der Waals surface area contributed by atoms with Crippen molar-refractivity contribution in [3.05, 3.63) is 0 Å². The first kappa shape index (κ1) is 14.2. The first-order chi connectivity index (χ1) is 8.62. The Labute approximate surface area is 109 Å². The molecular weight excluding hydrogens is 254 g/mol. The van der Waals surface area contributed by atoms with E-state index in [1.807, 2.05) is 0 Å². The Morgan fingerprint density at radius 1 is 1.22 bits per heavy atom. The van der Waals surface area contributed by atoms with Crippen LogP contribution in [0.15, 0.2) is 0 Å². The van der Waals surface area contributed by atoms with Crippen LogP contribution in [0, 0.1) is 0 Å². The zero-order valence-corrected chi connectivity index (χ0v) is 11.8. The lowest BCUT2D eigenvalue weighted by Crippen LogP contribution is -2.44. The molecule has 0 aliphatic carbocycles. The molecule has 2 aliphatic heterocycles. The Morgan fingerprint density at radius 3 is 2.50 bits per heavy atom. The normalized spacial score (nSPS) is 28.4. The zero-order chi connectivity index (χ0) is 13.0. The van der Waals surface area contributed by atoms with E-state index in [1.165, 1.54) is 0 Å². The van der Waals surface area contributed by atoms with Gasteiger partial charge in [-0.3, -0.25) is 0 Å². The van der Waals surface area contributed by atoms with E-state index in [-0.39, 0.29) is 18.0 Å². The summed E-state index contributed by atoms with van der Waals surface area (Å²) >= 11 is 0. The van der Waals surface area contributed by atoms with E-state index in [0.29, 0.717) is 19.7 Å². The predicted molar refractivity (Wildman–Crippen MR) is 69.0 cm³/mol. The summed E-state index contributed by atoms with van der Waals surface area (Å²) in [7, 11) is -1.48. The molecule has 0 unspecified atom stereocenters. The highest BCUT2D eigenvalue weighted by atomic mass is 32.2. The Bertz CT molecular complexity index is 343. The lowest BCUT2D eigenvalue weighted by molar-refractivity contribution is 0.0289. The van der Waals surface area contributed by atoms with Gasteiger partial charge in [-0.15, -0.1) is 0 Å². The quantitative estimate of drug-likeness (QED) is 0.769. The minimum atomic E-state index is -3.16. The molecule has 2 aliphatic rings. The van der Waals surface area contributed by atoms with E-state index in [0.717, 1.165) is 32.1 Å². The second kappa shape index (κ2) is 6.32. The van der Waals surface area contributed by atoms with Crippen molar-refractivity contribution in [1.82, 2.24) is 4.31 Å². The monoisotopic (exact) mass is 277 g/mol. The van der Waals surface area contributed by atoms with Crippen molar-refractivity contribution >= 4 is 10.0 Å². The van der Waals surface area contributed by atoms with Gasteiger partial charge in [0, 0.05) is 26.8 Å². The Morgan fingerprint density at radius 2 is 1.94 bits per heavy atom. The van der Waals surface area contributed by atoms with Crippen LogP contribution in [0.4, 0.5) is 0 Å². The Balaban J connectivity index is 1.86. The van der Waals surface area contributed by atoms with Crippen molar-refractivity contribution in [2.45, 2.75) is 44.3 Å². The predicted octanol–water partition coefficient (Wildman–Crippen LogP) is 0.996. The number of methoxy groups -OCH3 is 1. The molecule has 0 aromatic rings. The van der Waals surface area contributed by atoms with Crippen LogP contribution < -0.4 is 0 Å². The van der Waals surface area contributed by atoms with Gasteiger partial charge < -0.3 is 9.47 Å². The molecule has 106 valence electrons. The topological polar surface area (TPSA) is 55.8 Å². The summed E-state index contributed by atoms with van der Waals surface area (Å²) in [6, 6.07) is 0. The highest BCUT2D eigenvalue weighted by Crippen LogP contribution is 2.20. The Hall–Kier alpha value is -0.170. The second-order valence-electron chi connectivity index (χ2n) is 5.10. The largest absolute Gasteiger partial charge is 0.381 e. The van der Waals surface area contributed by atoms with E-state index in [2.05, 4.69) is 0 Å². The third kappa shape index (κ3) is 3.66. The SMILES string of the molecule is COC1CCN(S(=O)(=O)C[C@H]2CCCCO2)CC1. The molecule has 2 heterocycles. The molecule has 5 nitrogen and oxygen atoms in total. The van der Waals surface area contributed by atoms with E-state index in [1.54, 1.807) is 11.4 Å². The van der Waals surface area contributed by atoms with Crippen LogP contribution in [0.25, 0.3) is 0 Å². The van der Waals surface area contributed by atoms with Crippen LogP contribution in [0.3, 0.4) is 0 Å². The summed E-state index contributed by atoms with van der Waals surface area (Å²) in [5.74, 6) is 0.144. The van der Waals surface area contributed by atoms with Gasteiger partial charge in [0.1, 0.15) is 0 Å². The van der Waals surface area contributed by atoms with Crippen molar-refractivity contribution in [2.75, 3.05) is 32.6 Å². The summed E-state index contributed by atoms with van der Waals surface area (Å²) in [4.78, 5) is 0. The molecule has 18 heavy (non-hydrogen) atoms. The molecule has 0 aromatic carbocycles. The minimum Gasteiger partial charge on any atom is -0.381 e. The zero-order valence-electron chi connectivity index (χ0n) is 11.0. The smallest absolute Gasteiger partial charge is 0.216 e. The molecule has 0 spiro atoms. The third-order valence-electron chi connectivity index (χ3n) is 3.80. The van der Waals surface area contributed by atoms with Gasteiger partial charge in [-0.25, -0.2) is 12.7 Å². The van der Waals surface area contributed by atoms with Crippen LogP contribution in [-0.2, 0) is 19.5 Å². The van der Waals surface area contributed by atoms with Gasteiger partial charge in [-0.2, -0.15) is 0 Å². The number of rotatable bonds is 4. The summed E-state index contributed by atoms with van der Waals surface area (Å²) in [6.07, 6.45) is 4.68. The van der Waals surface area contributed by atoms with Gasteiger partial charge in [0.2, 0.25) is 10.0 Å². The van der Waals surface area contributed by atoms with Crippen molar-refractivity contribution in [1.29, 1.82) is 0 Å². The number of hydrogen-bond donors (Lipinski definition) is 0. The standard InChI is InChI=1S/C12H23NO4S/c1-16-11-5-7-13(8-6-11)18(14,15)10-12-4-2-3-9-17-12/h11-12H,2-10H2,1H3/t12-/m1/s1. The molecule has 0 N–H and O–H groups in total. The highest BCUT2D eigenvalue weighted by Gasteiger charge is 2.31. The number of ether oxygens (including phenoxy) is 2. The van der Waals surface area contributed by atoms with Gasteiger partial charge in [-0.1, -0.05) is 0 Å². The molecule has 6 heteroatoms. The lowest BCUT2D eigenvalue weighted by Gasteiger charge is -2.32. The number of nitrogens with zero attached hydrogens (tertiary/aromatic N) is 1. The van der Waals surface area contributed by atoms with Gasteiger partial charge in [0.25, 0.3) is 0 Å². The average Bonchev–Trinajstić information content (AvgIpc) is 2.39. The third-order valence-corrected chi connectivity index (χ3v) is 5.74. The molecule has 0 aromatic heterocycles. The maximum absolute atomic E-state index is 12.3. The van der Waals surface area contributed by atoms with Gasteiger partial charge in [-0.05, 0) is 32.1 Å². The first-order valence-electron chi connectivity index (χ1n) is 6.74. The summed E-state index contributed by atoms with van der Waals surface area (Å²) in [6.45, 7) is 1.85.